The Kier molecular flexibility index (Phi) is 46.1. The van der Waals surface area contributed by atoms with E-state index in [1.165, 1.54) is 25.7 Å². The number of rotatable bonds is 42. The van der Waals surface area contributed by atoms with E-state index in [1.54, 1.807) is 0 Å². The van der Waals surface area contributed by atoms with Gasteiger partial charge in [-0.25, -0.2) is 0 Å². The van der Waals surface area contributed by atoms with E-state index in [0.29, 0.717) is 12.8 Å². The number of allylic oxidation sites excluding steroid dienone is 20. The van der Waals surface area contributed by atoms with Crippen molar-refractivity contribution in [3.05, 3.63) is 122 Å². The summed E-state index contributed by atoms with van der Waals surface area (Å²) < 4.78 is 16.6. The Balaban J connectivity index is 4.55. The molecule has 0 aliphatic carbocycles. The van der Waals surface area contributed by atoms with Crippen LogP contribution in [0.15, 0.2) is 122 Å². The fourth-order valence-corrected chi connectivity index (χ4v) is 6.05. The zero-order chi connectivity index (χ0) is 45.1. The molecule has 0 rings (SSSR count). The highest BCUT2D eigenvalue weighted by atomic mass is 16.6. The molecule has 6 heteroatoms. The first kappa shape index (κ1) is 57.8. The van der Waals surface area contributed by atoms with Crippen molar-refractivity contribution in [1.29, 1.82) is 0 Å². The van der Waals surface area contributed by atoms with Gasteiger partial charge in [-0.15, -0.1) is 0 Å². The molecule has 0 amide bonds. The molecule has 0 saturated heterocycles. The van der Waals surface area contributed by atoms with E-state index in [2.05, 4.69) is 130 Å². The molecule has 1 unspecified atom stereocenters. The highest BCUT2D eigenvalue weighted by molar-refractivity contribution is 5.71. The molecule has 0 aliphatic rings. The van der Waals surface area contributed by atoms with Crippen molar-refractivity contribution in [2.24, 2.45) is 0 Å². The molecule has 0 radical (unpaired) electrons. The Morgan fingerprint density at radius 3 is 1.10 bits per heavy atom. The molecule has 0 aromatic carbocycles. The zero-order valence-electron chi connectivity index (χ0n) is 39.6. The second-order valence-electron chi connectivity index (χ2n) is 15.6. The molecule has 0 aromatic heterocycles. The highest BCUT2D eigenvalue weighted by Crippen LogP contribution is 2.12. The fraction of sp³-hybridized carbons (Fsp3) is 0.589. The highest BCUT2D eigenvalue weighted by Gasteiger charge is 2.19. The van der Waals surface area contributed by atoms with Gasteiger partial charge in [0.1, 0.15) is 13.2 Å². The van der Waals surface area contributed by atoms with Crippen LogP contribution in [0.4, 0.5) is 0 Å². The first-order valence-electron chi connectivity index (χ1n) is 24.5. The van der Waals surface area contributed by atoms with Gasteiger partial charge in [0, 0.05) is 19.3 Å². The molecule has 1 atom stereocenters. The minimum Gasteiger partial charge on any atom is -0.462 e. The van der Waals surface area contributed by atoms with Crippen molar-refractivity contribution in [1.82, 2.24) is 0 Å². The zero-order valence-corrected chi connectivity index (χ0v) is 39.6. The number of carbonyl (C=O) groups is 3. The molecular weight excluding hydrogens is 769 g/mol. The molecule has 348 valence electrons. The van der Waals surface area contributed by atoms with Crippen LogP contribution in [0.1, 0.15) is 194 Å². The van der Waals surface area contributed by atoms with Crippen LogP contribution in [-0.4, -0.2) is 37.2 Å². The first-order valence-corrected chi connectivity index (χ1v) is 24.5. The van der Waals surface area contributed by atoms with Crippen molar-refractivity contribution in [3.8, 4) is 0 Å². The van der Waals surface area contributed by atoms with E-state index < -0.39 is 6.10 Å². The number of ether oxygens (including phenoxy) is 3. The lowest BCUT2D eigenvalue weighted by atomic mass is 10.1. The first-order chi connectivity index (χ1) is 30.5. The predicted octanol–water partition coefficient (Wildman–Crippen LogP) is 16.1. The molecule has 0 fully saturated rings. The largest absolute Gasteiger partial charge is 0.462 e. The lowest BCUT2D eigenvalue weighted by Crippen LogP contribution is -2.30. The van der Waals surface area contributed by atoms with Crippen LogP contribution in [0.5, 0.6) is 0 Å². The topological polar surface area (TPSA) is 78.9 Å². The Morgan fingerprint density at radius 2 is 0.661 bits per heavy atom. The average Bonchev–Trinajstić information content (AvgIpc) is 3.27. The molecule has 0 bridgehead atoms. The van der Waals surface area contributed by atoms with Crippen LogP contribution < -0.4 is 0 Å². The maximum Gasteiger partial charge on any atom is 0.306 e. The summed E-state index contributed by atoms with van der Waals surface area (Å²) in [6.45, 7) is 6.25. The Morgan fingerprint density at radius 1 is 0.339 bits per heavy atom. The molecule has 6 nitrogen and oxygen atoms in total. The predicted molar refractivity (Wildman–Crippen MR) is 265 cm³/mol. The maximum atomic E-state index is 12.8. The normalized spacial score (nSPS) is 13.1. The second kappa shape index (κ2) is 49.5. The average molecular weight is 857 g/mol. The van der Waals surface area contributed by atoms with E-state index in [-0.39, 0.29) is 44.0 Å². The maximum absolute atomic E-state index is 12.8. The van der Waals surface area contributed by atoms with E-state index in [9.17, 15) is 14.4 Å². The molecule has 0 saturated carbocycles. The fourth-order valence-electron chi connectivity index (χ4n) is 6.05. The lowest BCUT2D eigenvalue weighted by molar-refractivity contribution is -0.166. The van der Waals surface area contributed by atoms with Gasteiger partial charge in [-0.05, 0) is 109 Å². The van der Waals surface area contributed by atoms with Crippen LogP contribution in [-0.2, 0) is 28.6 Å². The summed E-state index contributed by atoms with van der Waals surface area (Å²) in [5.74, 6) is -1.05. The second-order valence-corrected chi connectivity index (χ2v) is 15.6. The summed E-state index contributed by atoms with van der Waals surface area (Å²) in [5, 5.41) is 0. The molecule has 0 N–H and O–H groups in total. The molecule has 0 heterocycles. The number of carbonyl (C=O) groups excluding carboxylic acids is 3. The molecule has 0 spiro atoms. The summed E-state index contributed by atoms with van der Waals surface area (Å²) in [7, 11) is 0. The van der Waals surface area contributed by atoms with Gasteiger partial charge in [0.2, 0.25) is 0 Å². The van der Waals surface area contributed by atoms with Crippen LogP contribution in [0.2, 0.25) is 0 Å². The monoisotopic (exact) mass is 857 g/mol. The number of hydrogen-bond acceptors (Lipinski definition) is 6. The van der Waals surface area contributed by atoms with Gasteiger partial charge in [0.15, 0.2) is 6.10 Å². The van der Waals surface area contributed by atoms with Gasteiger partial charge in [-0.3, -0.25) is 14.4 Å². The van der Waals surface area contributed by atoms with Gasteiger partial charge in [0.25, 0.3) is 0 Å². The van der Waals surface area contributed by atoms with Crippen molar-refractivity contribution >= 4 is 17.9 Å². The van der Waals surface area contributed by atoms with Crippen molar-refractivity contribution in [3.63, 3.8) is 0 Å². The van der Waals surface area contributed by atoms with Crippen molar-refractivity contribution in [2.45, 2.75) is 200 Å². The van der Waals surface area contributed by atoms with Crippen LogP contribution >= 0.6 is 0 Å². The quantitative estimate of drug-likeness (QED) is 0.0263. The summed E-state index contributed by atoms with van der Waals surface area (Å²) >= 11 is 0. The van der Waals surface area contributed by atoms with Crippen LogP contribution in [0.3, 0.4) is 0 Å². The summed E-state index contributed by atoms with van der Waals surface area (Å²) in [6.07, 6.45) is 67.6. The van der Waals surface area contributed by atoms with Gasteiger partial charge in [-0.2, -0.15) is 0 Å². The number of hydrogen-bond donors (Lipinski definition) is 0. The lowest BCUT2D eigenvalue weighted by Gasteiger charge is -2.18. The third kappa shape index (κ3) is 46.9. The van der Waals surface area contributed by atoms with E-state index in [4.69, 9.17) is 14.2 Å². The van der Waals surface area contributed by atoms with Gasteiger partial charge in [-0.1, -0.05) is 187 Å². The summed E-state index contributed by atoms with van der Waals surface area (Å²) in [5.41, 5.74) is 0. The number of unbranched alkanes of at least 4 members (excludes halogenated alkanes) is 11. The van der Waals surface area contributed by atoms with E-state index in [0.717, 1.165) is 122 Å². The van der Waals surface area contributed by atoms with Crippen LogP contribution in [0.25, 0.3) is 0 Å². The van der Waals surface area contributed by atoms with Gasteiger partial charge in [0.05, 0.1) is 0 Å². The Hall–Kier alpha value is -4.19. The minimum absolute atomic E-state index is 0.119. The third-order valence-corrected chi connectivity index (χ3v) is 9.69. The van der Waals surface area contributed by atoms with E-state index >= 15 is 0 Å². The Bertz CT molecular complexity index is 1350. The van der Waals surface area contributed by atoms with Gasteiger partial charge >= 0.3 is 17.9 Å². The Labute approximate surface area is 380 Å². The standard InChI is InChI=1S/C56H88O6/c1-4-7-10-13-16-19-22-24-26-27-28-29-30-32-34-37-40-43-46-49-55(58)61-52-53(51-60-54(57)48-45-42-39-36-33-21-18-15-12-9-6-3)62-56(59)50-47-44-41-38-35-31-25-23-20-17-14-11-8-5-2/h7-8,10-11,15-20,24-26,28-29,31-32,34,40,43,53H,4-6,9,12-14,21-23,27,30,33,35-39,41-42,44-52H2,1-3H3/b10-7-,11-8-,18-15-,19-16-,20-17-,26-24-,29-28-,31-25-,34-32-,43-40-. The SMILES string of the molecule is CC/C=C\C/C=C\C/C=C\C/C=C\C/C=C\C/C=C\CCC(=O)OCC(COC(=O)CCCCCCC/C=C\CCCC)OC(=O)CCCCCC/C=C\C/C=C\C/C=C\CC. The van der Waals surface area contributed by atoms with Crippen molar-refractivity contribution < 1.29 is 28.6 Å². The number of esters is 3. The van der Waals surface area contributed by atoms with Crippen LogP contribution in [0, 0.1) is 0 Å². The van der Waals surface area contributed by atoms with Crippen molar-refractivity contribution in [2.75, 3.05) is 13.2 Å². The molecule has 62 heavy (non-hydrogen) atoms. The molecule has 0 aliphatic heterocycles. The molecule has 0 aromatic rings. The molecular formula is C56H88O6. The smallest absolute Gasteiger partial charge is 0.306 e. The summed E-state index contributed by atoms with van der Waals surface area (Å²) in [4.78, 5) is 37.8. The van der Waals surface area contributed by atoms with E-state index in [1.807, 2.05) is 12.2 Å². The third-order valence-electron chi connectivity index (χ3n) is 9.69. The van der Waals surface area contributed by atoms with Gasteiger partial charge < -0.3 is 14.2 Å². The summed E-state index contributed by atoms with van der Waals surface area (Å²) in [6, 6.07) is 0. The minimum atomic E-state index is -0.825.